The highest BCUT2D eigenvalue weighted by Gasteiger charge is 2.30. The molecule has 0 radical (unpaired) electrons. The second kappa shape index (κ2) is 4.71. The first-order valence-electron chi connectivity index (χ1n) is 5.64. The number of methoxy groups -OCH3 is 1. The van der Waals surface area contributed by atoms with E-state index in [4.69, 9.17) is 4.74 Å². The third kappa shape index (κ3) is 2.55. The maximum atomic E-state index is 10.9. The first-order chi connectivity index (χ1) is 8.10. The van der Waals surface area contributed by atoms with E-state index >= 15 is 0 Å². The van der Waals surface area contributed by atoms with Crippen LogP contribution in [0.15, 0.2) is 18.2 Å². The van der Waals surface area contributed by atoms with Crippen molar-refractivity contribution in [3.05, 3.63) is 33.9 Å². The quantitative estimate of drug-likeness (QED) is 0.644. The smallest absolute Gasteiger partial charge is 0.292 e. The third-order valence-electron chi connectivity index (χ3n) is 3.14. The summed E-state index contributed by atoms with van der Waals surface area (Å²) in [4.78, 5) is 10.5. The Balaban J connectivity index is 2.09. The van der Waals surface area contributed by atoms with Crippen LogP contribution in [-0.4, -0.2) is 24.2 Å². The molecule has 0 spiro atoms. The molecule has 1 N–H and O–H groups in total. The molecule has 0 amide bonds. The van der Waals surface area contributed by atoms with Crippen LogP contribution in [0, 0.1) is 17.0 Å². The van der Waals surface area contributed by atoms with E-state index in [-0.39, 0.29) is 22.8 Å². The van der Waals surface area contributed by atoms with Crippen molar-refractivity contribution in [2.75, 3.05) is 12.4 Å². The molecule has 0 aromatic heterocycles. The van der Waals surface area contributed by atoms with Crippen LogP contribution in [0.1, 0.15) is 18.4 Å². The molecule has 5 nitrogen and oxygen atoms in total. The Bertz CT molecular complexity index is 428. The molecule has 1 aromatic rings. The van der Waals surface area contributed by atoms with E-state index in [0.29, 0.717) is 5.69 Å². The highest BCUT2D eigenvalue weighted by atomic mass is 16.6. The van der Waals surface area contributed by atoms with Crippen molar-refractivity contribution >= 4 is 11.4 Å². The van der Waals surface area contributed by atoms with Gasteiger partial charge in [-0.1, -0.05) is 6.07 Å². The third-order valence-corrected chi connectivity index (χ3v) is 3.14. The van der Waals surface area contributed by atoms with Gasteiger partial charge in [-0.2, -0.15) is 0 Å². The van der Waals surface area contributed by atoms with Gasteiger partial charge in [-0.3, -0.25) is 10.1 Å². The van der Waals surface area contributed by atoms with Crippen LogP contribution in [0.25, 0.3) is 0 Å². The van der Waals surface area contributed by atoms with E-state index in [9.17, 15) is 10.1 Å². The summed E-state index contributed by atoms with van der Waals surface area (Å²) in [6, 6.07) is 5.39. The molecule has 1 saturated carbocycles. The average Bonchev–Trinajstić information content (AvgIpc) is 2.22. The molecule has 0 heterocycles. The fourth-order valence-electron chi connectivity index (χ4n) is 2.02. The summed E-state index contributed by atoms with van der Waals surface area (Å²) < 4.78 is 5.18. The van der Waals surface area contributed by atoms with Crippen LogP contribution in [0.5, 0.6) is 0 Å². The number of anilines is 1. The van der Waals surface area contributed by atoms with E-state index in [2.05, 4.69) is 5.32 Å². The van der Waals surface area contributed by atoms with Crippen molar-refractivity contribution in [2.45, 2.75) is 31.9 Å². The highest BCUT2D eigenvalue weighted by molar-refractivity contribution is 5.63. The Hall–Kier alpha value is -1.62. The summed E-state index contributed by atoms with van der Waals surface area (Å²) in [5.41, 5.74) is 1.76. The average molecular weight is 236 g/mol. The SMILES string of the molecule is COC1CC(Nc2cc(C)ccc2[N+](=O)[O-])C1. The van der Waals surface area contributed by atoms with E-state index < -0.39 is 0 Å². The largest absolute Gasteiger partial charge is 0.381 e. The van der Waals surface area contributed by atoms with Gasteiger partial charge in [-0.15, -0.1) is 0 Å². The Kier molecular flexibility index (Phi) is 3.28. The topological polar surface area (TPSA) is 64.4 Å². The number of benzene rings is 1. The monoisotopic (exact) mass is 236 g/mol. The molecule has 0 saturated heterocycles. The van der Waals surface area contributed by atoms with Crippen LogP contribution in [-0.2, 0) is 4.74 Å². The standard InChI is InChI=1S/C12H16N2O3/c1-8-3-4-12(14(15)16)11(5-8)13-9-6-10(7-9)17-2/h3-5,9-10,13H,6-7H2,1-2H3. The summed E-state index contributed by atoms with van der Waals surface area (Å²) in [6.07, 6.45) is 2.10. The maximum absolute atomic E-state index is 10.9. The summed E-state index contributed by atoms with van der Waals surface area (Å²) >= 11 is 0. The zero-order valence-corrected chi connectivity index (χ0v) is 9.97. The Morgan fingerprint density at radius 2 is 2.18 bits per heavy atom. The minimum atomic E-state index is -0.353. The van der Waals surface area contributed by atoms with Crippen molar-refractivity contribution in [2.24, 2.45) is 0 Å². The van der Waals surface area contributed by atoms with Gasteiger partial charge in [0.05, 0.1) is 11.0 Å². The Morgan fingerprint density at radius 1 is 1.47 bits per heavy atom. The van der Waals surface area contributed by atoms with Crippen LogP contribution < -0.4 is 5.32 Å². The molecular formula is C12H16N2O3. The summed E-state index contributed by atoms with van der Waals surface area (Å²) in [5.74, 6) is 0. The second-order valence-electron chi connectivity index (χ2n) is 4.45. The summed E-state index contributed by atoms with van der Waals surface area (Å²) in [6.45, 7) is 1.92. The molecule has 0 aliphatic heterocycles. The highest BCUT2D eigenvalue weighted by Crippen LogP contribution is 2.31. The number of nitro benzene ring substituents is 1. The van der Waals surface area contributed by atoms with Crippen molar-refractivity contribution in [1.29, 1.82) is 0 Å². The van der Waals surface area contributed by atoms with Gasteiger partial charge in [-0.25, -0.2) is 0 Å². The normalized spacial score (nSPS) is 22.9. The molecule has 1 aliphatic rings. The molecule has 92 valence electrons. The maximum Gasteiger partial charge on any atom is 0.292 e. The van der Waals surface area contributed by atoms with Crippen molar-refractivity contribution < 1.29 is 9.66 Å². The van der Waals surface area contributed by atoms with Crippen LogP contribution in [0.3, 0.4) is 0 Å². The van der Waals surface area contributed by atoms with Crippen molar-refractivity contribution in [1.82, 2.24) is 0 Å². The lowest BCUT2D eigenvalue weighted by Gasteiger charge is -2.35. The van der Waals surface area contributed by atoms with Gasteiger partial charge in [0.1, 0.15) is 5.69 Å². The number of nitrogens with one attached hydrogen (secondary N) is 1. The second-order valence-corrected chi connectivity index (χ2v) is 4.45. The Morgan fingerprint density at radius 3 is 2.76 bits per heavy atom. The molecule has 1 aromatic carbocycles. The number of ether oxygens (including phenoxy) is 1. The van der Waals surface area contributed by atoms with Crippen LogP contribution in [0.4, 0.5) is 11.4 Å². The van der Waals surface area contributed by atoms with Crippen molar-refractivity contribution in [3.63, 3.8) is 0 Å². The molecule has 2 rings (SSSR count). The lowest BCUT2D eigenvalue weighted by atomic mass is 9.89. The fourth-order valence-corrected chi connectivity index (χ4v) is 2.02. The predicted octanol–water partition coefficient (Wildman–Crippen LogP) is 2.49. The van der Waals surface area contributed by atoms with Gasteiger partial charge in [0, 0.05) is 19.2 Å². The molecule has 0 unspecified atom stereocenters. The molecule has 0 bridgehead atoms. The zero-order valence-electron chi connectivity index (χ0n) is 9.97. The number of nitro groups is 1. The van der Waals surface area contributed by atoms with Gasteiger partial charge in [0.15, 0.2) is 0 Å². The van der Waals surface area contributed by atoms with E-state index in [1.165, 1.54) is 0 Å². The number of nitrogens with zero attached hydrogens (tertiary/aromatic N) is 1. The van der Waals surface area contributed by atoms with Gasteiger partial charge < -0.3 is 10.1 Å². The Labute approximate surface area is 99.9 Å². The molecule has 1 aliphatic carbocycles. The number of hydrogen-bond acceptors (Lipinski definition) is 4. The minimum Gasteiger partial charge on any atom is -0.381 e. The summed E-state index contributed by atoms with van der Waals surface area (Å²) in [7, 11) is 1.69. The lowest BCUT2D eigenvalue weighted by Crippen LogP contribution is -2.40. The van der Waals surface area contributed by atoms with Crippen molar-refractivity contribution in [3.8, 4) is 0 Å². The summed E-state index contributed by atoms with van der Waals surface area (Å²) in [5, 5.41) is 14.1. The van der Waals surface area contributed by atoms with E-state index in [1.807, 2.05) is 13.0 Å². The zero-order chi connectivity index (χ0) is 12.4. The predicted molar refractivity (Wildman–Crippen MR) is 65.3 cm³/mol. The first-order valence-corrected chi connectivity index (χ1v) is 5.64. The number of hydrogen-bond donors (Lipinski definition) is 1. The number of aryl methyl sites for hydroxylation is 1. The van der Waals surface area contributed by atoms with E-state index in [1.54, 1.807) is 19.2 Å². The molecule has 17 heavy (non-hydrogen) atoms. The van der Waals surface area contributed by atoms with Gasteiger partial charge in [0.2, 0.25) is 0 Å². The van der Waals surface area contributed by atoms with Gasteiger partial charge >= 0.3 is 0 Å². The lowest BCUT2D eigenvalue weighted by molar-refractivity contribution is -0.384. The molecule has 1 fully saturated rings. The fraction of sp³-hybridized carbons (Fsp3) is 0.500. The van der Waals surface area contributed by atoms with Gasteiger partial charge in [-0.05, 0) is 31.4 Å². The number of rotatable bonds is 4. The molecule has 5 heteroatoms. The minimum absolute atomic E-state index is 0.136. The molecular weight excluding hydrogens is 220 g/mol. The van der Waals surface area contributed by atoms with Gasteiger partial charge in [0.25, 0.3) is 5.69 Å². The first kappa shape index (κ1) is 11.9. The van der Waals surface area contributed by atoms with Crippen LogP contribution in [0.2, 0.25) is 0 Å². The van der Waals surface area contributed by atoms with Crippen LogP contribution >= 0.6 is 0 Å². The molecule has 0 atom stereocenters. The van der Waals surface area contributed by atoms with E-state index in [0.717, 1.165) is 18.4 Å².